The van der Waals surface area contributed by atoms with Gasteiger partial charge in [0.1, 0.15) is 10.6 Å². The number of hydrogen-bond donors (Lipinski definition) is 0. The van der Waals surface area contributed by atoms with Gasteiger partial charge in [0.2, 0.25) is 0 Å². The molecule has 0 saturated carbocycles. The van der Waals surface area contributed by atoms with Crippen molar-refractivity contribution in [3.63, 3.8) is 0 Å². The summed E-state index contributed by atoms with van der Waals surface area (Å²) in [6.07, 6.45) is -0.830. The Balaban J connectivity index is 2.23. The van der Waals surface area contributed by atoms with Crippen LogP contribution in [0, 0.1) is 0 Å². The number of benzene rings is 2. The van der Waals surface area contributed by atoms with Gasteiger partial charge in [0.25, 0.3) is 0 Å². The molecule has 2 aromatic carbocycles. The number of rotatable bonds is 5. The van der Waals surface area contributed by atoms with E-state index in [0.29, 0.717) is 5.56 Å². The van der Waals surface area contributed by atoms with E-state index >= 15 is 0 Å². The summed E-state index contributed by atoms with van der Waals surface area (Å²) in [6, 6.07) is 8.27. The van der Waals surface area contributed by atoms with Crippen molar-refractivity contribution >= 4 is 21.7 Å². The van der Waals surface area contributed by atoms with E-state index in [1.807, 2.05) is 0 Å². The molecule has 0 spiro atoms. The Bertz CT molecular complexity index is 943. The molecule has 0 amide bonds. The summed E-state index contributed by atoms with van der Waals surface area (Å²) in [7, 11) is -2.22. The maximum Gasteiger partial charge on any atom is 0.416 e. The monoisotopic (exact) mass is 384 g/mol. The highest BCUT2D eigenvalue weighted by Gasteiger charge is 2.29. The molecule has 8 heteroatoms. The van der Waals surface area contributed by atoms with Gasteiger partial charge in [-0.05, 0) is 42.0 Å². The van der Waals surface area contributed by atoms with Crippen molar-refractivity contribution < 1.29 is 31.1 Å². The summed E-state index contributed by atoms with van der Waals surface area (Å²) in [5, 5.41) is 0. The first-order valence-electron chi connectivity index (χ1n) is 7.30. The summed E-state index contributed by atoms with van der Waals surface area (Å²) in [5.74, 6) is -0.399. The molecule has 2 rings (SSSR count). The average molecular weight is 384 g/mol. The fourth-order valence-corrected chi connectivity index (χ4v) is 3.00. The van der Waals surface area contributed by atoms with Gasteiger partial charge in [0, 0.05) is 11.8 Å². The Morgan fingerprint density at radius 1 is 1.08 bits per heavy atom. The first-order valence-corrected chi connectivity index (χ1v) is 9.19. The molecule has 0 aliphatic carbocycles. The van der Waals surface area contributed by atoms with Gasteiger partial charge < -0.3 is 4.74 Å². The van der Waals surface area contributed by atoms with Crippen molar-refractivity contribution in [2.75, 3.05) is 13.4 Å². The SMILES string of the molecule is COc1cc(C(=O)/C=C/c2ccc(C(F)(F)F)cc2)ccc1S(C)(=O)=O. The molecule has 26 heavy (non-hydrogen) atoms. The summed E-state index contributed by atoms with van der Waals surface area (Å²) in [5.41, 5.74) is -0.162. The number of ether oxygens (including phenoxy) is 1. The molecule has 0 saturated heterocycles. The van der Waals surface area contributed by atoms with Gasteiger partial charge in [0.15, 0.2) is 15.6 Å². The van der Waals surface area contributed by atoms with Crippen LogP contribution in [0.5, 0.6) is 5.75 Å². The minimum atomic E-state index is -4.42. The van der Waals surface area contributed by atoms with Crippen LogP contribution < -0.4 is 4.74 Å². The fourth-order valence-electron chi connectivity index (χ4n) is 2.18. The lowest BCUT2D eigenvalue weighted by Crippen LogP contribution is -2.04. The van der Waals surface area contributed by atoms with Crippen LogP contribution in [0.3, 0.4) is 0 Å². The number of sulfone groups is 1. The molecule has 0 bridgehead atoms. The third kappa shape index (κ3) is 4.72. The van der Waals surface area contributed by atoms with E-state index in [2.05, 4.69) is 0 Å². The fraction of sp³-hybridized carbons (Fsp3) is 0.167. The molecular weight excluding hydrogens is 369 g/mol. The van der Waals surface area contributed by atoms with E-state index in [-0.39, 0.29) is 16.2 Å². The molecule has 0 radical (unpaired) electrons. The molecule has 0 atom stereocenters. The Morgan fingerprint density at radius 2 is 1.69 bits per heavy atom. The number of methoxy groups -OCH3 is 1. The largest absolute Gasteiger partial charge is 0.495 e. The standard InChI is InChI=1S/C18H15F3O4S/c1-25-16-11-13(6-10-17(16)26(2,23)24)15(22)9-5-12-3-7-14(8-4-12)18(19,20)21/h3-11H,1-2H3/b9-5+. The predicted octanol–water partition coefficient (Wildman–Crippen LogP) is 4.01. The lowest BCUT2D eigenvalue weighted by Gasteiger charge is -2.08. The maximum absolute atomic E-state index is 12.5. The zero-order chi connectivity index (χ0) is 19.5. The van der Waals surface area contributed by atoms with Crippen LogP contribution in [-0.2, 0) is 16.0 Å². The topological polar surface area (TPSA) is 60.4 Å². The van der Waals surface area contributed by atoms with Crippen molar-refractivity contribution in [1.82, 2.24) is 0 Å². The molecule has 0 N–H and O–H groups in total. The molecule has 0 fully saturated rings. The van der Waals surface area contributed by atoms with Gasteiger partial charge in [-0.1, -0.05) is 18.2 Å². The van der Waals surface area contributed by atoms with E-state index < -0.39 is 27.4 Å². The van der Waals surface area contributed by atoms with Crippen LogP contribution in [0.15, 0.2) is 53.4 Å². The normalized spacial score (nSPS) is 12.3. The zero-order valence-corrected chi connectivity index (χ0v) is 14.7. The van der Waals surface area contributed by atoms with E-state index in [4.69, 9.17) is 4.74 Å². The molecule has 2 aromatic rings. The highest BCUT2D eigenvalue weighted by Crippen LogP contribution is 2.29. The molecule has 0 unspecified atom stereocenters. The van der Waals surface area contributed by atoms with Crippen molar-refractivity contribution in [1.29, 1.82) is 0 Å². The molecule has 138 valence electrons. The summed E-state index contributed by atoms with van der Waals surface area (Å²) in [4.78, 5) is 12.2. The molecule has 0 aliphatic rings. The van der Waals surface area contributed by atoms with Gasteiger partial charge in [-0.15, -0.1) is 0 Å². The zero-order valence-electron chi connectivity index (χ0n) is 13.9. The molecule has 4 nitrogen and oxygen atoms in total. The highest BCUT2D eigenvalue weighted by atomic mass is 32.2. The number of carbonyl (C=O) groups excluding carboxylic acids is 1. The Labute approximate surface area is 148 Å². The third-order valence-electron chi connectivity index (χ3n) is 3.51. The number of carbonyl (C=O) groups is 1. The van der Waals surface area contributed by atoms with E-state index in [1.165, 1.54) is 49.6 Å². The van der Waals surface area contributed by atoms with Gasteiger partial charge in [0.05, 0.1) is 12.7 Å². The first-order chi connectivity index (χ1) is 12.0. The predicted molar refractivity (Wildman–Crippen MR) is 90.9 cm³/mol. The van der Waals surface area contributed by atoms with Crippen LogP contribution in [-0.4, -0.2) is 27.6 Å². The van der Waals surface area contributed by atoms with Crippen molar-refractivity contribution in [3.8, 4) is 5.75 Å². The number of halogens is 3. The van der Waals surface area contributed by atoms with Crippen LogP contribution in [0.4, 0.5) is 13.2 Å². The van der Waals surface area contributed by atoms with Crippen molar-refractivity contribution in [2.24, 2.45) is 0 Å². The van der Waals surface area contributed by atoms with Gasteiger partial charge in [-0.25, -0.2) is 8.42 Å². The van der Waals surface area contributed by atoms with Gasteiger partial charge in [-0.3, -0.25) is 4.79 Å². The highest BCUT2D eigenvalue weighted by molar-refractivity contribution is 7.90. The quantitative estimate of drug-likeness (QED) is 0.577. The Hall–Kier alpha value is -2.61. The van der Waals surface area contributed by atoms with Crippen LogP contribution in [0.1, 0.15) is 21.5 Å². The van der Waals surface area contributed by atoms with Crippen LogP contribution in [0.25, 0.3) is 6.08 Å². The molecule has 0 aliphatic heterocycles. The van der Waals surface area contributed by atoms with E-state index in [1.54, 1.807) is 0 Å². The second-order valence-corrected chi connectivity index (χ2v) is 7.44. The lowest BCUT2D eigenvalue weighted by molar-refractivity contribution is -0.137. The number of alkyl halides is 3. The summed E-state index contributed by atoms with van der Waals surface area (Å²) >= 11 is 0. The van der Waals surface area contributed by atoms with Gasteiger partial charge in [-0.2, -0.15) is 13.2 Å². The van der Waals surface area contributed by atoms with Crippen LogP contribution >= 0.6 is 0 Å². The third-order valence-corrected chi connectivity index (χ3v) is 4.65. The number of ketones is 1. The minimum Gasteiger partial charge on any atom is -0.495 e. The average Bonchev–Trinajstić information content (AvgIpc) is 2.57. The molecule has 0 aromatic heterocycles. The maximum atomic E-state index is 12.5. The second-order valence-electron chi connectivity index (χ2n) is 5.46. The van der Waals surface area contributed by atoms with Crippen molar-refractivity contribution in [3.05, 3.63) is 65.2 Å². The summed E-state index contributed by atoms with van der Waals surface area (Å²) < 4.78 is 65.8. The first kappa shape index (κ1) is 19.7. The summed E-state index contributed by atoms with van der Waals surface area (Å²) in [6.45, 7) is 0. The Kier molecular flexibility index (Phi) is 5.56. The van der Waals surface area contributed by atoms with E-state index in [9.17, 15) is 26.4 Å². The Morgan fingerprint density at radius 3 is 2.19 bits per heavy atom. The number of hydrogen-bond acceptors (Lipinski definition) is 4. The molecular formula is C18H15F3O4S. The van der Waals surface area contributed by atoms with E-state index in [0.717, 1.165) is 18.4 Å². The van der Waals surface area contributed by atoms with Gasteiger partial charge >= 0.3 is 6.18 Å². The minimum absolute atomic E-state index is 0.0386. The smallest absolute Gasteiger partial charge is 0.416 e. The van der Waals surface area contributed by atoms with Crippen molar-refractivity contribution in [2.45, 2.75) is 11.1 Å². The van der Waals surface area contributed by atoms with Crippen LogP contribution in [0.2, 0.25) is 0 Å². The second kappa shape index (κ2) is 7.33. The lowest BCUT2D eigenvalue weighted by atomic mass is 10.1. The molecule has 0 heterocycles. The number of allylic oxidation sites excluding steroid dienone is 1.